The van der Waals surface area contributed by atoms with Crippen LogP contribution in [0.4, 0.5) is 9.59 Å². The second kappa shape index (κ2) is 22.4. The minimum atomic E-state index is -1.99. The normalized spacial score (nSPS) is 43.8. The minimum absolute atomic E-state index is 0.0936. The number of likely N-dealkylation sites (N-methyl/N-ethyl adjacent to an activating group) is 1. The number of carboxylic acid groups (broad SMARTS) is 4. The molecule has 3 heterocycles. The molecule has 0 radical (unpaired) electrons. The monoisotopic (exact) mass is 857 g/mol. The van der Waals surface area contributed by atoms with E-state index >= 15 is 0 Å². The standard InChI is InChI=1S/C37H67NO13.2CH2O3/c1-14-25-37(10,45)30(41)20(4)27(39)18(2)16-35(8,44)32(51-34-28(40)24(38(11)12)15-19(3)47-34)21(5)29(22(6)33(43)49-25)50-26-17-36(9,46-13)31(42)23(7)48-26;2*2-1(3)4/h18-26,28-32,34,40-42,44-45H,14-17H2,1-13H3;2*(H2,2,3,4)/t18-,19-,20+,21-,22-,23+,24+,25-,26+,28-,29+,30+,31+,32-,34+,35-,36-,37-;;/m1../s1. The quantitative estimate of drug-likeness (QED) is 0.166. The molecule has 0 amide bonds. The SMILES string of the molecule is CC[C@H]1OC(=O)[C@H](C)[C@@H](O[C@H]2C[C@@](C)(OC)[C@@H](O)[C@H](C)O2)[C@@H](C)[C@@H](O[C@@H]2O[C@H](C)C[C@H](N(C)C)[C@H]2O)[C@](C)(O)C[C@@H](C)C(=O)[C@H](C)[C@H](O)[C@]1(C)O.O=C(O)O.O=C(O)O. The number of esters is 1. The Kier molecular flexibility index (Phi) is 20.6. The molecule has 0 aromatic rings. The zero-order valence-corrected chi connectivity index (χ0v) is 36.5. The van der Waals surface area contributed by atoms with Gasteiger partial charge in [-0.3, -0.25) is 9.59 Å². The van der Waals surface area contributed by atoms with Gasteiger partial charge in [-0.25, -0.2) is 9.59 Å². The van der Waals surface area contributed by atoms with E-state index in [1.54, 1.807) is 41.5 Å². The van der Waals surface area contributed by atoms with Gasteiger partial charge in [0.25, 0.3) is 0 Å². The highest BCUT2D eigenvalue weighted by Crippen LogP contribution is 2.40. The molecule has 0 spiro atoms. The van der Waals surface area contributed by atoms with Crippen molar-refractivity contribution in [1.29, 1.82) is 0 Å². The van der Waals surface area contributed by atoms with Gasteiger partial charge in [-0.2, -0.15) is 0 Å². The van der Waals surface area contributed by atoms with Crippen molar-refractivity contribution < 1.29 is 93.6 Å². The molecular weight excluding hydrogens is 786 g/mol. The lowest BCUT2D eigenvalue weighted by Gasteiger charge is -2.49. The summed E-state index contributed by atoms with van der Waals surface area (Å²) in [6, 6.07) is -0.324. The highest BCUT2D eigenvalue weighted by molar-refractivity contribution is 5.83. The van der Waals surface area contributed by atoms with E-state index in [1.165, 1.54) is 27.9 Å². The van der Waals surface area contributed by atoms with E-state index in [1.807, 2.05) is 25.9 Å². The van der Waals surface area contributed by atoms with E-state index < -0.39 is 120 Å². The largest absolute Gasteiger partial charge is 0.503 e. The number of nitrogens with zero attached hydrogens (tertiary/aromatic N) is 1. The number of aliphatic hydroxyl groups excluding tert-OH is 3. The third-order valence-electron chi connectivity index (χ3n) is 11.8. The van der Waals surface area contributed by atoms with Gasteiger partial charge in [0.1, 0.15) is 29.7 Å². The van der Waals surface area contributed by atoms with Gasteiger partial charge in [0, 0.05) is 37.3 Å². The van der Waals surface area contributed by atoms with Gasteiger partial charge < -0.3 is 79.3 Å². The van der Waals surface area contributed by atoms with Crippen molar-refractivity contribution in [3.63, 3.8) is 0 Å². The first kappa shape index (κ1) is 54.3. The number of cyclic esters (lactones) is 1. The Morgan fingerprint density at radius 1 is 0.831 bits per heavy atom. The van der Waals surface area contributed by atoms with Crippen LogP contribution in [0.3, 0.4) is 0 Å². The van der Waals surface area contributed by atoms with Crippen LogP contribution in [-0.4, -0.2) is 180 Å². The summed E-state index contributed by atoms with van der Waals surface area (Å²) in [5.41, 5.74) is -4.84. The van der Waals surface area contributed by atoms with Crippen molar-refractivity contribution in [3.05, 3.63) is 0 Å². The average Bonchev–Trinajstić information content (AvgIpc) is 3.12. The van der Waals surface area contributed by atoms with Crippen LogP contribution in [0.15, 0.2) is 0 Å². The van der Waals surface area contributed by atoms with Crippen LogP contribution in [0.2, 0.25) is 0 Å². The lowest BCUT2D eigenvalue weighted by molar-refractivity contribution is -0.318. The predicted octanol–water partition coefficient (Wildman–Crippen LogP) is 2.23. The molecule has 0 unspecified atom stereocenters. The third-order valence-corrected chi connectivity index (χ3v) is 11.8. The summed E-state index contributed by atoms with van der Waals surface area (Å²) in [4.78, 5) is 46.9. The second-order valence-corrected chi connectivity index (χ2v) is 17.0. The number of carbonyl (C=O) groups excluding carboxylic acids is 2. The van der Waals surface area contributed by atoms with Crippen molar-refractivity contribution in [3.8, 4) is 0 Å². The van der Waals surface area contributed by atoms with E-state index in [9.17, 15) is 35.1 Å². The minimum Gasteiger partial charge on any atom is -0.459 e. The van der Waals surface area contributed by atoms with Crippen LogP contribution >= 0.6 is 0 Å². The van der Waals surface area contributed by atoms with Crippen molar-refractivity contribution in [2.75, 3.05) is 21.2 Å². The number of methoxy groups -OCH3 is 1. The van der Waals surface area contributed by atoms with Crippen LogP contribution in [0.25, 0.3) is 0 Å². The number of ketones is 1. The van der Waals surface area contributed by atoms with E-state index in [-0.39, 0.29) is 31.4 Å². The Balaban J connectivity index is 0.00000199. The molecule has 346 valence electrons. The molecule has 0 aromatic heterocycles. The van der Waals surface area contributed by atoms with Gasteiger partial charge in [-0.1, -0.05) is 27.7 Å². The lowest BCUT2D eigenvalue weighted by Crippen LogP contribution is -2.61. The Morgan fingerprint density at radius 3 is 1.83 bits per heavy atom. The summed E-state index contributed by atoms with van der Waals surface area (Å²) in [6.45, 7) is 16.3. The smallest absolute Gasteiger partial charge is 0.459 e. The number of hydrogen-bond acceptors (Lipinski definition) is 16. The molecule has 3 fully saturated rings. The van der Waals surface area contributed by atoms with Crippen molar-refractivity contribution in [2.45, 2.75) is 179 Å². The van der Waals surface area contributed by atoms with Gasteiger partial charge in [0.15, 0.2) is 12.6 Å². The summed E-state index contributed by atoms with van der Waals surface area (Å²) in [6.07, 6.45) is -13.4. The van der Waals surface area contributed by atoms with Gasteiger partial charge in [0.05, 0.1) is 47.6 Å². The molecule has 0 aliphatic carbocycles. The summed E-state index contributed by atoms with van der Waals surface area (Å²) >= 11 is 0. The van der Waals surface area contributed by atoms with Crippen molar-refractivity contribution in [1.82, 2.24) is 4.90 Å². The molecule has 3 aliphatic heterocycles. The summed E-state index contributed by atoms with van der Waals surface area (Å²) in [7, 11) is 5.18. The number of hydrogen-bond donors (Lipinski definition) is 9. The number of Topliss-reactive ketones (excluding diaryl/α,β-unsaturated/α-hetero) is 1. The van der Waals surface area contributed by atoms with Crippen LogP contribution < -0.4 is 0 Å². The molecule has 0 saturated carbocycles. The molecule has 18 atom stereocenters. The maximum Gasteiger partial charge on any atom is 0.503 e. The fourth-order valence-corrected chi connectivity index (χ4v) is 8.41. The molecule has 3 aliphatic rings. The lowest BCUT2D eigenvalue weighted by atomic mass is 9.74. The summed E-state index contributed by atoms with van der Waals surface area (Å²) in [5.74, 6) is -4.98. The maximum atomic E-state index is 14.1. The van der Waals surface area contributed by atoms with E-state index in [4.69, 9.17) is 58.4 Å². The van der Waals surface area contributed by atoms with E-state index in [2.05, 4.69) is 0 Å². The van der Waals surface area contributed by atoms with Crippen molar-refractivity contribution in [2.24, 2.45) is 23.7 Å². The molecule has 9 N–H and O–H groups in total. The first-order chi connectivity index (χ1) is 26.9. The van der Waals surface area contributed by atoms with Gasteiger partial charge in [-0.15, -0.1) is 0 Å². The predicted molar refractivity (Wildman–Crippen MR) is 208 cm³/mol. The topological polar surface area (TPSA) is 309 Å². The molecule has 0 aromatic carbocycles. The van der Waals surface area contributed by atoms with E-state index in [0.29, 0.717) is 6.42 Å². The third kappa shape index (κ3) is 14.4. The summed E-state index contributed by atoms with van der Waals surface area (Å²) < 4.78 is 37.1. The van der Waals surface area contributed by atoms with Crippen LogP contribution in [0.1, 0.15) is 94.9 Å². The maximum absolute atomic E-state index is 14.1. The average molecular weight is 858 g/mol. The summed E-state index contributed by atoms with van der Waals surface area (Å²) in [5, 5.41) is 85.5. The molecule has 0 bridgehead atoms. The number of aliphatic hydroxyl groups is 5. The van der Waals surface area contributed by atoms with E-state index in [0.717, 1.165) is 0 Å². The van der Waals surface area contributed by atoms with Gasteiger partial charge in [-0.05, 0) is 74.9 Å². The molecule has 59 heavy (non-hydrogen) atoms. The first-order valence-corrected chi connectivity index (χ1v) is 19.8. The molecule has 20 heteroatoms. The van der Waals surface area contributed by atoms with Crippen LogP contribution in [-0.2, 0) is 38.0 Å². The molecular formula is C39H71NO19. The zero-order valence-electron chi connectivity index (χ0n) is 36.5. The Bertz CT molecular complexity index is 1340. The Hall–Kier alpha value is -2.76. The Labute approximate surface area is 346 Å². The van der Waals surface area contributed by atoms with Crippen LogP contribution in [0.5, 0.6) is 0 Å². The van der Waals surface area contributed by atoms with Crippen molar-refractivity contribution >= 4 is 24.1 Å². The fraction of sp³-hybridized carbons (Fsp3) is 0.897. The van der Waals surface area contributed by atoms with Gasteiger partial charge in [0.2, 0.25) is 0 Å². The number of ether oxygens (including phenoxy) is 6. The molecule has 3 rings (SSSR count). The zero-order chi connectivity index (χ0) is 46.1. The fourth-order valence-electron chi connectivity index (χ4n) is 8.41. The molecule has 20 nitrogen and oxygen atoms in total. The number of carbonyl (C=O) groups is 4. The second-order valence-electron chi connectivity index (χ2n) is 17.0. The van der Waals surface area contributed by atoms with Crippen LogP contribution in [0, 0.1) is 23.7 Å². The first-order valence-electron chi connectivity index (χ1n) is 19.8. The number of rotatable bonds is 7. The van der Waals surface area contributed by atoms with Gasteiger partial charge >= 0.3 is 18.3 Å². The Morgan fingerprint density at radius 2 is 1.36 bits per heavy atom. The highest BCUT2D eigenvalue weighted by Gasteiger charge is 2.53. The highest BCUT2D eigenvalue weighted by atomic mass is 16.7. The molecule has 3 saturated heterocycles.